The summed E-state index contributed by atoms with van der Waals surface area (Å²) in [5, 5.41) is 7.44. The van der Waals surface area contributed by atoms with E-state index in [0.717, 1.165) is 6.07 Å². The van der Waals surface area contributed by atoms with Crippen LogP contribution in [0.2, 0.25) is 5.02 Å². The molecule has 0 unspecified atom stereocenters. The van der Waals surface area contributed by atoms with Gasteiger partial charge in [0.15, 0.2) is 5.56 Å². The van der Waals surface area contributed by atoms with E-state index in [1.54, 1.807) is 0 Å². The summed E-state index contributed by atoms with van der Waals surface area (Å²) in [7, 11) is -7.17. The van der Waals surface area contributed by atoms with Gasteiger partial charge in [0.1, 0.15) is 5.82 Å². The first-order valence-electron chi connectivity index (χ1n) is 11.7. The van der Waals surface area contributed by atoms with Gasteiger partial charge in [0.25, 0.3) is 11.8 Å². The van der Waals surface area contributed by atoms with Crippen LogP contribution in [-0.4, -0.2) is 59.6 Å². The summed E-state index contributed by atoms with van der Waals surface area (Å²) < 4.78 is 188. The van der Waals surface area contributed by atoms with Gasteiger partial charge in [-0.1, -0.05) is 17.7 Å². The summed E-state index contributed by atoms with van der Waals surface area (Å²) in [6.45, 7) is 0. The Morgan fingerprint density at radius 1 is 1.04 bits per heavy atom. The normalized spacial score (nSPS) is 15.6. The van der Waals surface area contributed by atoms with Crippen molar-refractivity contribution in [2.24, 2.45) is 7.05 Å². The van der Waals surface area contributed by atoms with Gasteiger partial charge in [-0.3, -0.25) is 4.79 Å². The Morgan fingerprint density at radius 2 is 1.62 bits per heavy atom. The molecular formula is C22H16ClF12N5O4S. The number of hydrogen-bond donors (Lipinski definition) is 3. The van der Waals surface area contributed by atoms with Gasteiger partial charge in [-0.25, -0.2) is 4.68 Å². The molecule has 1 heterocycles. The van der Waals surface area contributed by atoms with E-state index in [-0.39, 0.29) is 32.4 Å². The predicted octanol–water partition coefficient (Wildman–Crippen LogP) is 6.22. The van der Waals surface area contributed by atoms with Crippen LogP contribution in [0.4, 0.5) is 58.5 Å². The van der Waals surface area contributed by atoms with Gasteiger partial charge in [0, 0.05) is 31.1 Å². The molecule has 45 heavy (non-hydrogen) atoms. The van der Waals surface area contributed by atoms with Crippen molar-refractivity contribution in [3.05, 3.63) is 46.1 Å². The Morgan fingerprint density at radius 3 is 2.11 bits per heavy atom. The van der Waals surface area contributed by atoms with Crippen molar-refractivity contribution < 1.29 is 70.1 Å². The maximum Gasteiger partial charge on any atom is 0.460 e. The third-order valence-corrected chi connectivity index (χ3v) is 7.49. The first-order valence-corrected chi connectivity index (χ1v) is 13.4. The van der Waals surface area contributed by atoms with Crippen molar-refractivity contribution in [1.29, 1.82) is 5.41 Å². The predicted molar refractivity (Wildman–Crippen MR) is 131 cm³/mol. The summed E-state index contributed by atoms with van der Waals surface area (Å²) >= 11 is 6.02. The van der Waals surface area contributed by atoms with Crippen LogP contribution in [0.1, 0.15) is 34.3 Å². The lowest BCUT2D eigenvalue weighted by molar-refractivity contribution is -0.382. The SMILES string of the molecule is Cn1nc(OS(=O)(=O)C(F)(F)C(F)(F)C(F)(F)C(F)(F)F)c(C(F)(F)F)c1N/C=C(\C=N)c1ccc(Cl)c(C(=O)NC2CC2)c1. The average molecular weight is 710 g/mol. The Hall–Kier alpha value is -3.69. The zero-order chi connectivity index (χ0) is 34.6. The third-order valence-electron chi connectivity index (χ3n) is 5.89. The van der Waals surface area contributed by atoms with Crippen LogP contribution >= 0.6 is 11.6 Å². The molecule has 0 radical (unpaired) electrons. The molecular weight excluding hydrogens is 694 g/mol. The number of anilines is 1. The number of allylic oxidation sites excluding steroid dienone is 1. The highest BCUT2D eigenvalue weighted by molar-refractivity contribution is 7.88. The molecule has 0 aliphatic heterocycles. The second-order valence-corrected chi connectivity index (χ2v) is 11.2. The number of carbonyl (C=O) groups excluding carboxylic acids is 1. The molecule has 1 fully saturated rings. The molecule has 2 aromatic rings. The Labute approximate surface area is 248 Å². The molecule has 3 rings (SSSR count). The molecule has 0 atom stereocenters. The Kier molecular flexibility index (Phi) is 9.22. The highest BCUT2D eigenvalue weighted by atomic mass is 35.5. The molecule has 1 saturated carbocycles. The van der Waals surface area contributed by atoms with E-state index in [1.807, 2.05) is 5.32 Å². The largest absolute Gasteiger partial charge is 0.460 e. The summed E-state index contributed by atoms with van der Waals surface area (Å²) in [5.41, 5.74) is -2.82. The van der Waals surface area contributed by atoms with Crippen LogP contribution in [-0.2, 0) is 23.3 Å². The van der Waals surface area contributed by atoms with E-state index in [4.69, 9.17) is 17.0 Å². The third kappa shape index (κ3) is 6.65. The number of rotatable bonds is 11. The van der Waals surface area contributed by atoms with Crippen molar-refractivity contribution in [2.45, 2.75) is 48.3 Å². The number of nitrogens with zero attached hydrogens (tertiary/aromatic N) is 2. The Bertz CT molecular complexity index is 1630. The van der Waals surface area contributed by atoms with Crippen LogP contribution in [0.5, 0.6) is 5.88 Å². The number of carbonyl (C=O) groups is 1. The van der Waals surface area contributed by atoms with Gasteiger partial charge < -0.3 is 20.2 Å². The van der Waals surface area contributed by atoms with E-state index < -0.39 is 62.7 Å². The molecule has 23 heteroatoms. The summed E-state index contributed by atoms with van der Waals surface area (Å²) in [5.74, 6) is -19.9. The fraction of sp³-hybridized carbons (Fsp3) is 0.409. The second kappa shape index (κ2) is 11.6. The van der Waals surface area contributed by atoms with Crippen LogP contribution in [0.15, 0.2) is 24.4 Å². The number of aromatic nitrogens is 2. The maximum atomic E-state index is 14.1. The van der Waals surface area contributed by atoms with Gasteiger partial charge in [0.2, 0.25) is 0 Å². The molecule has 1 aromatic heterocycles. The second-order valence-electron chi connectivity index (χ2n) is 9.18. The van der Waals surface area contributed by atoms with Gasteiger partial charge in [-0.2, -0.15) is 61.1 Å². The lowest BCUT2D eigenvalue weighted by Gasteiger charge is -2.32. The van der Waals surface area contributed by atoms with E-state index in [1.165, 1.54) is 12.1 Å². The van der Waals surface area contributed by atoms with Crippen molar-refractivity contribution >= 4 is 45.2 Å². The van der Waals surface area contributed by atoms with Crippen LogP contribution in [0.25, 0.3) is 5.57 Å². The van der Waals surface area contributed by atoms with Crippen molar-refractivity contribution in [1.82, 2.24) is 15.1 Å². The van der Waals surface area contributed by atoms with E-state index in [2.05, 4.69) is 14.6 Å². The van der Waals surface area contributed by atoms with E-state index >= 15 is 0 Å². The minimum absolute atomic E-state index is 0.00917. The highest BCUT2D eigenvalue weighted by Crippen LogP contribution is 2.55. The number of hydrogen-bond acceptors (Lipinski definition) is 7. The smallest absolute Gasteiger partial charge is 0.355 e. The fourth-order valence-corrected chi connectivity index (χ4v) is 4.45. The van der Waals surface area contributed by atoms with Gasteiger partial charge in [-0.05, 0) is 30.5 Å². The van der Waals surface area contributed by atoms with Crippen LogP contribution in [0, 0.1) is 5.41 Å². The summed E-state index contributed by atoms with van der Waals surface area (Å²) in [6, 6.07) is 3.47. The number of halogens is 13. The number of nitrogens with one attached hydrogen (secondary N) is 3. The molecule has 0 spiro atoms. The lowest BCUT2D eigenvalue weighted by Crippen LogP contribution is -2.63. The minimum Gasteiger partial charge on any atom is -0.355 e. The zero-order valence-electron chi connectivity index (χ0n) is 21.7. The number of benzene rings is 1. The molecule has 9 nitrogen and oxygen atoms in total. The van der Waals surface area contributed by atoms with Gasteiger partial charge in [0.05, 0.1) is 10.6 Å². The van der Waals surface area contributed by atoms with Crippen molar-refractivity contribution in [2.75, 3.05) is 5.32 Å². The quantitative estimate of drug-likeness (QED) is 0.145. The molecule has 1 aliphatic rings. The summed E-state index contributed by atoms with van der Waals surface area (Å²) in [4.78, 5) is 12.4. The monoisotopic (exact) mass is 709 g/mol. The molecule has 3 N–H and O–H groups in total. The Balaban J connectivity index is 2.03. The average Bonchev–Trinajstić information content (AvgIpc) is 3.64. The maximum absolute atomic E-state index is 14.1. The van der Waals surface area contributed by atoms with Crippen LogP contribution < -0.4 is 14.8 Å². The molecule has 0 bridgehead atoms. The van der Waals surface area contributed by atoms with Crippen LogP contribution in [0.3, 0.4) is 0 Å². The van der Waals surface area contributed by atoms with Gasteiger partial charge >= 0.3 is 39.6 Å². The molecule has 1 amide bonds. The first kappa shape index (κ1) is 35.8. The zero-order valence-corrected chi connectivity index (χ0v) is 23.3. The molecule has 1 aromatic carbocycles. The molecule has 0 saturated heterocycles. The summed E-state index contributed by atoms with van der Waals surface area (Å²) in [6.07, 6.45) is -10.7. The van der Waals surface area contributed by atoms with Gasteiger partial charge in [-0.15, -0.1) is 5.10 Å². The van der Waals surface area contributed by atoms with Crippen molar-refractivity contribution in [3.8, 4) is 5.88 Å². The molecule has 1 aliphatic carbocycles. The number of aryl methyl sites for hydroxylation is 1. The van der Waals surface area contributed by atoms with E-state index in [9.17, 15) is 65.9 Å². The fourth-order valence-electron chi connectivity index (χ4n) is 3.38. The first-order chi connectivity index (χ1) is 20.3. The standard InChI is InChI=1S/C22H16ClF12N5O4S/c1-40-15(37-8-10(7-36)9-2-5-13(23)12(6-9)16(41)38-11-3-4-11)14(18(24,25)26)17(39-40)44-45(42,43)22(34,35)20(29,30)19(27,28)21(31,32)33/h2,5-8,11,36-37H,3-4H2,1H3,(H,38,41)/b10-8+,36-7?. The number of amides is 1. The van der Waals surface area contributed by atoms with Crippen molar-refractivity contribution in [3.63, 3.8) is 0 Å². The minimum atomic E-state index is -7.78. The number of alkyl halides is 12. The highest BCUT2D eigenvalue weighted by Gasteiger charge is 2.86. The van der Waals surface area contributed by atoms with E-state index in [0.29, 0.717) is 32.3 Å². The lowest BCUT2D eigenvalue weighted by atomic mass is 10.0. The molecule has 250 valence electrons. The topological polar surface area (TPSA) is 126 Å².